The van der Waals surface area contributed by atoms with Crippen molar-refractivity contribution in [1.82, 2.24) is 5.32 Å². The first-order chi connectivity index (χ1) is 19.2. The van der Waals surface area contributed by atoms with Gasteiger partial charge in [0.25, 0.3) is 0 Å². The van der Waals surface area contributed by atoms with Crippen molar-refractivity contribution in [3.05, 3.63) is 114 Å². The zero-order chi connectivity index (χ0) is 28.3. The number of hydrogen-bond donors (Lipinski definition) is 2. The number of rotatable bonds is 8. The van der Waals surface area contributed by atoms with Crippen molar-refractivity contribution in [2.75, 3.05) is 6.61 Å². The van der Waals surface area contributed by atoms with Gasteiger partial charge in [-0.25, -0.2) is 9.59 Å². The number of para-hydroxylation sites is 1. The second-order valence-electron chi connectivity index (χ2n) is 11.0. The first-order valence-electron chi connectivity index (χ1n) is 13.4. The van der Waals surface area contributed by atoms with Crippen LogP contribution >= 0.6 is 0 Å². The summed E-state index contributed by atoms with van der Waals surface area (Å²) in [7, 11) is 0. The van der Waals surface area contributed by atoms with Gasteiger partial charge in [0.1, 0.15) is 24.0 Å². The zero-order valence-electron chi connectivity index (χ0n) is 22.9. The maximum absolute atomic E-state index is 12.7. The number of carboxylic acids is 1. The summed E-state index contributed by atoms with van der Waals surface area (Å²) in [6.07, 6.45) is -0.626. The minimum Gasteiger partial charge on any atom is -0.488 e. The quantitative estimate of drug-likeness (QED) is 0.252. The van der Waals surface area contributed by atoms with Crippen molar-refractivity contribution >= 4 is 12.1 Å². The number of carbonyl (C=O) groups is 2. The first-order valence-corrected chi connectivity index (χ1v) is 13.4. The lowest BCUT2D eigenvalue weighted by Crippen LogP contribution is -2.42. The van der Waals surface area contributed by atoms with Gasteiger partial charge >= 0.3 is 12.1 Å². The molecule has 0 aliphatic heterocycles. The van der Waals surface area contributed by atoms with Crippen molar-refractivity contribution in [1.29, 1.82) is 0 Å². The number of carboxylic acid groups (broad SMARTS) is 1. The molecule has 2 N–H and O–H groups in total. The van der Waals surface area contributed by atoms with E-state index < -0.39 is 18.1 Å². The Morgan fingerprint density at radius 2 is 1.35 bits per heavy atom. The summed E-state index contributed by atoms with van der Waals surface area (Å²) >= 11 is 0. The molecular weight excluding hydrogens is 502 g/mol. The van der Waals surface area contributed by atoms with Crippen LogP contribution in [-0.2, 0) is 16.0 Å². The molecule has 1 amide bonds. The van der Waals surface area contributed by atoms with Crippen LogP contribution in [0.15, 0.2) is 97.1 Å². The van der Waals surface area contributed by atoms with E-state index in [0.29, 0.717) is 0 Å². The van der Waals surface area contributed by atoms with Gasteiger partial charge in [-0.3, -0.25) is 0 Å². The Hall–Kier alpha value is -4.58. The van der Waals surface area contributed by atoms with E-state index in [0.717, 1.165) is 44.7 Å². The Bertz CT molecular complexity index is 1470. The van der Waals surface area contributed by atoms with E-state index in [-0.39, 0.29) is 24.5 Å². The largest absolute Gasteiger partial charge is 0.488 e. The minimum absolute atomic E-state index is 0.0980. The molecule has 40 heavy (non-hydrogen) atoms. The minimum atomic E-state index is -1.13. The van der Waals surface area contributed by atoms with E-state index in [1.54, 1.807) is 0 Å². The number of ether oxygens (including phenoxy) is 2. The van der Waals surface area contributed by atoms with Gasteiger partial charge in [0.15, 0.2) is 0 Å². The fourth-order valence-corrected chi connectivity index (χ4v) is 5.16. The molecule has 204 valence electrons. The Balaban J connectivity index is 1.23. The highest BCUT2D eigenvalue weighted by Gasteiger charge is 2.30. The van der Waals surface area contributed by atoms with E-state index in [1.165, 1.54) is 0 Å². The Morgan fingerprint density at radius 3 is 1.93 bits per heavy atom. The number of alkyl carbamates (subject to hydrolysis) is 1. The standard InChI is InChI=1S/C34H33NO5/c1-34(2,3)40-31-15-9-8-10-24(31)23-18-16-22(17-19-23)20-30(32(36)37)35-33(38)39-21-29-27-13-6-4-11-25(27)26-12-5-7-14-28(26)29/h4-19,29-30H,20-21H2,1-3H3,(H,35,38)(H,36,37)/t30-/m0/s1. The molecule has 4 aromatic rings. The maximum Gasteiger partial charge on any atom is 0.407 e. The summed E-state index contributed by atoms with van der Waals surface area (Å²) in [6.45, 7) is 6.13. The van der Waals surface area contributed by atoms with Crippen LogP contribution in [0, 0.1) is 0 Å². The summed E-state index contributed by atoms with van der Waals surface area (Å²) in [5.74, 6) is -0.441. The van der Waals surface area contributed by atoms with Gasteiger partial charge in [-0.1, -0.05) is 91.0 Å². The third-order valence-corrected chi connectivity index (χ3v) is 6.94. The lowest BCUT2D eigenvalue weighted by molar-refractivity contribution is -0.139. The molecule has 0 unspecified atom stereocenters. The number of nitrogens with one attached hydrogen (secondary N) is 1. The first kappa shape index (κ1) is 27.0. The molecule has 0 aromatic heterocycles. The van der Waals surface area contributed by atoms with Gasteiger partial charge in [-0.05, 0) is 60.2 Å². The van der Waals surface area contributed by atoms with Gasteiger partial charge in [0.2, 0.25) is 0 Å². The van der Waals surface area contributed by atoms with Gasteiger partial charge < -0.3 is 19.9 Å². The summed E-state index contributed by atoms with van der Waals surface area (Å²) in [6, 6.07) is 30.5. The third-order valence-electron chi connectivity index (χ3n) is 6.94. The van der Waals surface area contributed by atoms with Crippen LogP contribution in [0.5, 0.6) is 5.75 Å². The van der Waals surface area contributed by atoms with Crippen molar-refractivity contribution in [2.45, 2.75) is 44.8 Å². The fraction of sp³-hybridized carbons (Fsp3) is 0.235. The van der Waals surface area contributed by atoms with Crippen molar-refractivity contribution in [2.24, 2.45) is 0 Å². The molecule has 1 aliphatic rings. The highest BCUT2D eigenvalue weighted by atomic mass is 16.5. The number of hydrogen-bond acceptors (Lipinski definition) is 4. The van der Waals surface area contributed by atoms with Crippen LogP contribution < -0.4 is 10.1 Å². The smallest absolute Gasteiger partial charge is 0.407 e. The molecule has 1 aliphatic carbocycles. The second-order valence-corrected chi connectivity index (χ2v) is 11.0. The lowest BCUT2D eigenvalue weighted by atomic mass is 9.98. The topological polar surface area (TPSA) is 84.9 Å². The third kappa shape index (κ3) is 6.01. The average molecular weight is 536 g/mol. The van der Waals surface area contributed by atoms with Crippen LogP contribution in [0.1, 0.15) is 43.4 Å². The maximum atomic E-state index is 12.7. The molecule has 0 bridgehead atoms. The molecule has 6 heteroatoms. The van der Waals surface area contributed by atoms with E-state index in [9.17, 15) is 14.7 Å². The molecule has 6 nitrogen and oxygen atoms in total. The Morgan fingerprint density at radius 1 is 0.800 bits per heavy atom. The van der Waals surface area contributed by atoms with Gasteiger partial charge in [0, 0.05) is 17.9 Å². The predicted octanol–water partition coefficient (Wildman–Crippen LogP) is 7.07. The summed E-state index contributed by atoms with van der Waals surface area (Å²) < 4.78 is 11.7. The molecule has 0 fully saturated rings. The van der Waals surface area contributed by atoms with Crippen LogP contribution in [0.2, 0.25) is 0 Å². The van der Waals surface area contributed by atoms with Crippen LogP contribution in [0.4, 0.5) is 4.79 Å². The molecule has 0 radical (unpaired) electrons. The summed E-state index contributed by atoms with van der Waals surface area (Å²) in [5.41, 5.74) is 6.81. The van der Waals surface area contributed by atoms with Crippen LogP contribution in [0.3, 0.4) is 0 Å². The molecule has 5 rings (SSSR count). The van der Waals surface area contributed by atoms with E-state index in [1.807, 2.05) is 106 Å². The molecule has 4 aromatic carbocycles. The molecule has 0 spiro atoms. The SMILES string of the molecule is CC(C)(C)Oc1ccccc1-c1ccc(C[C@H](NC(=O)OCC2c3ccccc3-c3ccccc32)C(=O)O)cc1. The molecule has 1 atom stereocenters. The molecule has 0 heterocycles. The predicted molar refractivity (Wildman–Crippen MR) is 156 cm³/mol. The fourth-order valence-electron chi connectivity index (χ4n) is 5.16. The average Bonchev–Trinajstić information content (AvgIpc) is 3.25. The highest BCUT2D eigenvalue weighted by molar-refractivity contribution is 5.81. The van der Waals surface area contributed by atoms with E-state index in [4.69, 9.17) is 9.47 Å². The Kier molecular flexibility index (Phi) is 7.60. The number of carbonyl (C=O) groups excluding carboxylic acids is 1. The molecule has 0 saturated carbocycles. The number of amides is 1. The van der Waals surface area contributed by atoms with Gasteiger partial charge in [-0.2, -0.15) is 0 Å². The van der Waals surface area contributed by atoms with E-state index in [2.05, 4.69) is 17.4 Å². The van der Waals surface area contributed by atoms with Crippen LogP contribution in [-0.4, -0.2) is 35.4 Å². The lowest BCUT2D eigenvalue weighted by Gasteiger charge is -2.23. The van der Waals surface area contributed by atoms with E-state index >= 15 is 0 Å². The van der Waals surface area contributed by atoms with Crippen molar-refractivity contribution < 1.29 is 24.2 Å². The van der Waals surface area contributed by atoms with Gasteiger partial charge in [-0.15, -0.1) is 0 Å². The number of aliphatic carboxylic acids is 1. The Labute approximate surface area is 234 Å². The summed E-state index contributed by atoms with van der Waals surface area (Å²) in [4.78, 5) is 24.7. The highest BCUT2D eigenvalue weighted by Crippen LogP contribution is 2.44. The molecule has 0 saturated heterocycles. The summed E-state index contributed by atoms with van der Waals surface area (Å²) in [5, 5.41) is 12.4. The van der Waals surface area contributed by atoms with Crippen LogP contribution in [0.25, 0.3) is 22.3 Å². The molecular formula is C34H33NO5. The zero-order valence-corrected chi connectivity index (χ0v) is 22.9. The second kappa shape index (κ2) is 11.3. The monoisotopic (exact) mass is 535 g/mol. The van der Waals surface area contributed by atoms with Gasteiger partial charge in [0.05, 0.1) is 0 Å². The number of benzene rings is 4. The normalized spacial score (nSPS) is 13.2. The van der Waals surface area contributed by atoms with Crippen molar-refractivity contribution in [3.63, 3.8) is 0 Å². The number of fused-ring (bicyclic) bond motifs is 3. The van der Waals surface area contributed by atoms with Crippen molar-refractivity contribution in [3.8, 4) is 28.0 Å².